The van der Waals surface area contributed by atoms with Crippen LogP contribution in [0.4, 0.5) is 4.39 Å². The summed E-state index contributed by atoms with van der Waals surface area (Å²) in [5.74, 6) is 0.300. The SMILES string of the molecule is Cc1cc(F)ccc1-c1ncc(C(C)C)s1. The molecule has 0 fully saturated rings. The lowest BCUT2D eigenvalue weighted by Gasteiger charge is -2.02. The Morgan fingerprint density at radius 3 is 2.62 bits per heavy atom. The first-order chi connectivity index (χ1) is 7.58. The number of aryl methyl sites for hydroxylation is 1. The topological polar surface area (TPSA) is 12.9 Å². The van der Waals surface area contributed by atoms with Crippen LogP contribution in [0.25, 0.3) is 10.6 Å². The number of benzene rings is 1. The lowest BCUT2D eigenvalue weighted by atomic mass is 10.1. The zero-order valence-electron chi connectivity index (χ0n) is 9.62. The zero-order valence-corrected chi connectivity index (χ0v) is 10.4. The first-order valence-corrected chi connectivity index (χ1v) is 6.12. The lowest BCUT2D eigenvalue weighted by molar-refractivity contribution is 0.627. The zero-order chi connectivity index (χ0) is 11.7. The van der Waals surface area contributed by atoms with E-state index in [9.17, 15) is 4.39 Å². The molecule has 0 aliphatic heterocycles. The Labute approximate surface area is 99.0 Å². The molecular weight excluding hydrogens is 221 g/mol. The van der Waals surface area contributed by atoms with Crippen molar-refractivity contribution in [1.82, 2.24) is 4.98 Å². The van der Waals surface area contributed by atoms with Crippen molar-refractivity contribution in [3.05, 3.63) is 40.7 Å². The van der Waals surface area contributed by atoms with Crippen LogP contribution >= 0.6 is 11.3 Å². The molecule has 1 aromatic carbocycles. The third-order valence-electron chi connectivity index (χ3n) is 2.51. The maximum Gasteiger partial charge on any atom is 0.123 e. The maximum absolute atomic E-state index is 13.0. The van der Waals surface area contributed by atoms with Crippen LogP contribution in [0.15, 0.2) is 24.4 Å². The molecule has 2 aromatic rings. The molecule has 1 aromatic heterocycles. The number of hydrogen-bond donors (Lipinski definition) is 0. The molecule has 0 N–H and O–H groups in total. The van der Waals surface area contributed by atoms with Crippen molar-refractivity contribution in [1.29, 1.82) is 0 Å². The van der Waals surface area contributed by atoms with E-state index in [-0.39, 0.29) is 5.82 Å². The second-order valence-electron chi connectivity index (χ2n) is 4.18. The van der Waals surface area contributed by atoms with E-state index in [4.69, 9.17) is 0 Å². The normalized spacial score (nSPS) is 11.1. The van der Waals surface area contributed by atoms with Crippen LogP contribution in [0, 0.1) is 12.7 Å². The van der Waals surface area contributed by atoms with E-state index in [2.05, 4.69) is 18.8 Å². The first kappa shape index (κ1) is 11.3. The minimum Gasteiger partial charge on any atom is -0.244 e. The molecule has 0 atom stereocenters. The van der Waals surface area contributed by atoms with Gasteiger partial charge in [0.1, 0.15) is 10.8 Å². The van der Waals surface area contributed by atoms with Crippen LogP contribution in [-0.4, -0.2) is 4.98 Å². The fraction of sp³-hybridized carbons (Fsp3) is 0.308. The van der Waals surface area contributed by atoms with E-state index >= 15 is 0 Å². The number of halogens is 1. The van der Waals surface area contributed by atoms with Crippen LogP contribution in [0.2, 0.25) is 0 Å². The maximum atomic E-state index is 13.0. The monoisotopic (exact) mass is 235 g/mol. The Morgan fingerprint density at radius 2 is 2.06 bits per heavy atom. The summed E-state index contributed by atoms with van der Waals surface area (Å²) in [4.78, 5) is 5.66. The van der Waals surface area contributed by atoms with E-state index in [1.165, 1.54) is 10.9 Å². The molecule has 0 saturated heterocycles. The molecule has 0 aliphatic carbocycles. The third-order valence-corrected chi connectivity index (χ3v) is 3.84. The molecule has 3 heteroatoms. The molecule has 0 unspecified atom stereocenters. The van der Waals surface area contributed by atoms with Crippen LogP contribution in [-0.2, 0) is 0 Å². The second-order valence-corrected chi connectivity index (χ2v) is 5.24. The Hall–Kier alpha value is -1.22. The quantitative estimate of drug-likeness (QED) is 0.752. The van der Waals surface area contributed by atoms with Crippen molar-refractivity contribution in [2.45, 2.75) is 26.7 Å². The summed E-state index contributed by atoms with van der Waals surface area (Å²) in [6.45, 7) is 6.21. The lowest BCUT2D eigenvalue weighted by Crippen LogP contribution is -1.83. The van der Waals surface area contributed by atoms with Crippen LogP contribution < -0.4 is 0 Å². The molecular formula is C13H14FNS. The summed E-state index contributed by atoms with van der Waals surface area (Å²) in [6.07, 6.45) is 1.91. The molecule has 0 spiro atoms. The van der Waals surface area contributed by atoms with Crippen molar-refractivity contribution in [3.63, 3.8) is 0 Å². The van der Waals surface area contributed by atoms with Gasteiger partial charge in [-0.1, -0.05) is 13.8 Å². The minimum atomic E-state index is -0.193. The molecule has 84 valence electrons. The van der Waals surface area contributed by atoms with Crippen molar-refractivity contribution in [2.24, 2.45) is 0 Å². The fourth-order valence-corrected chi connectivity index (χ4v) is 2.55. The highest BCUT2D eigenvalue weighted by Crippen LogP contribution is 2.31. The van der Waals surface area contributed by atoms with Crippen molar-refractivity contribution in [2.75, 3.05) is 0 Å². The van der Waals surface area contributed by atoms with Gasteiger partial charge in [0.2, 0.25) is 0 Å². The van der Waals surface area contributed by atoms with Gasteiger partial charge in [-0.15, -0.1) is 11.3 Å². The van der Waals surface area contributed by atoms with Gasteiger partial charge in [0.05, 0.1) is 0 Å². The van der Waals surface area contributed by atoms with Gasteiger partial charge in [-0.3, -0.25) is 0 Å². The van der Waals surface area contributed by atoms with E-state index in [1.54, 1.807) is 23.5 Å². The van der Waals surface area contributed by atoms with Gasteiger partial charge in [0.25, 0.3) is 0 Å². The Balaban J connectivity index is 2.42. The van der Waals surface area contributed by atoms with Crippen molar-refractivity contribution < 1.29 is 4.39 Å². The van der Waals surface area contributed by atoms with Crippen molar-refractivity contribution in [3.8, 4) is 10.6 Å². The minimum absolute atomic E-state index is 0.193. The summed E-state index contributed by atoms with van der Waals surface area (Å²) in [5.41, 5.74) is 1.96. The molecule has 16 heavy (non-hydrogen) atoms. The Bertz CT molecular complexity index is 502. The first-order valence-electron chi connectivity index (χ1n) is 5.30. The van der Waals surface area contributed by atoms with Gasteiger partial charge in [0.15, 0.2) is 0 Å². The van der Waals surface area contributed by atoms with Crippen LogP contribution in [0.5, 0.6) is 0 Å². The molecule has 0 bridgehead atoms. The van der Waals surface area contributed by atoms with E-state index in [0.717, 1.165) is 16.1 Å². The van der Waals surface area contributed by atoms with Crippen LogP contribution in [0.1, 0.15) is 30.2 Å². The number of rotatable bonds is 2. The summed E-state index contributed by atoms with van der Waals surface area (Å²) < 4.78 is 13.0. The average molecular weight is 235 g/mol. The number of thiazole rings is 1. The van der Waals surface area contributed by atoms with E-state index in [1.807, 2.05) is 13.1 Å². The molecule has 1 nitrogen and oxygen atoms in total. The fourth-order valence-electron chi connectivity index (χ4n) is 1.55. The predicted octanol–water partition coefficient (Wildman–Crippen LogP) is 4.38. The Morgan fingerprint density at radius 1 is 1.31 bits per heavy atom. The van der Waals surface area contributed by atoms with Gasteiger partial charge in [0, 0.05) is 16.6 Å². The molecule has 0 aliphatic rings. The van der Waals surface area contributed by atoms with Gasteiger partial charge in [-0.05, 0) is 36.6 Å². The number of nitrogens with zero attached hydrogens (tertiary/aromatic N) is 1. The summed E-state index contributed by atoms with van der Waals surface area (Å²) in [7, 11) is 0. The van der Waals surface area contributed by atoms with Gasteiger partial charge in [-0.25, -0.2) is 9.37 Å². The largest absolute Gasteiger partial charge is 0.244 e. The molecule has 0 radical (unpaired) electrons. The molecule has 2 rings (SSSR count). The smallest absolute Gasteiger partial charge is 0.123 e. The second kappa shape index (κ2) is 4.34. The molecule has 1 heterocycles. The highest BCUT2D eigenvalue weighted by atomic mass is 32.1. The van der Waals surface area contributed by atoms with Gasteiger partial charge >= 0.3 is 0 Å². The highest BCUT2D eigenvalue weighted by molar-refractivity contribution is 7.15. The number of hydrogen-bond acceptors (Lipinski definition) is 2. The predicted molar refractivity (Wildman–Crippen MR) is 66.3 cm³/mol. The van der Waals surface area contributed by atoms with E-state index in [0.29, 0.717) is 5.92 Å². The third kappa shape index (κ3) is 2.14. The average Bonchev–Trinajstić information content (AvgIpc) is 2.66. The van der Waals surface area contributed by atoms with Gasteiger partial charge in [-0.2, -0.15) is 0 Å². The van der Waals surface area contributed by atoms with Gasteiger partial charge < -0.3 is 0 Å². The molecule has 0 amide bonds. The summed E-state index contributed by atoms with van der Waals surface area (Å²) in [6, 6.07) is 4.83. The molecule has 0 saturated carbocycles. The Kier molecular flexibility index (Phi) is 3.06. The van der Waals surface area contributed by atoms with Crippen LogP contribution in [0.3, 0.4) is 0 Å². The summed E-state index contributed by atoms with van der Waals surface area (Å²) in [5, 5.41) is 0.973. The van der Waals surface area contributed by atoms with E-state index < -0.39 is 0 Å². The summed E-state index contributed by atoms with van der Waals surface area (Å²) >= 11 is 1.68. The van der Waals surface area contributed by atoms with Crippen molar-refractivity contribution >= 4 is 11.3 Å². The highest BCUT2D eigenvalue weighted by Gasteiger charge is 2.09. The number of aromatic nitrogens is 1. The standard InChI is InChI=1S/C13H14FNS/c1-8(2)12-7-15-13(16-12)11-5-4-10(14)6-9(11)3/h4-8H,1-3H3.